The molecule has 2 aliphatic heterocycles. The lowest BCUT2D eigenvalue weighted by molar-refractivity contribution is -0.151. The summed E-state index contributed by atoms with van der Waals surface area (Å²) in [6.07, 6.45) is -4.52. The molecule has 3 heterocycles. The predicted octanol–water partition coefficient (Wildman–Crippen LogP) is -0.519. The zero-order valence-corrected chi connectivity index (χ0v) is 18.2. The van der Waals surface area contributed by atoms with E-state index >= 15 is 0 Å². The second-order valence-electron chi connectivity index (χ2n) is 7.76. The molecular weight excluding hydrogens is 412 g/mol. The fourth-order valence-electron chi connectivity index (χ4n) is 3.16. The van der Waals surface area contributed by atoms with Crippen LogP contribution in [0.15, 0.2) is 16.5 Å². The van der Waals surface area contributed by atoms with Gasteiger partial charge in [0.25, 0.3) is 0 Å². The summed E-state index contributed by atoms with van der Waals surface area (Å²) < 4.78 is 11.0. The number of fused-ring (bicyclic) bond motifs is 1. The number of ether oxygens (including phenoxy) is 2. The van der Waals surface area contributed by atoms with Gasteiger partial charge in [-0.1, -0.05) is 32.2 Å². The normalized spacial score (nSPS) is 26.8. The van der Waals surface area contributed by atoms with Crippen LogP contribution in [0.2, 0.25) is 0 Å². The van der Waals surface area contributed by atoms with Crippen LogP contribution in [0.4, 0.5) is 17.6 Å². The number of aromatic nitrogens is 2. The van der Waals surface area contributed by atoms with Crippen LogP contribution in [-0.4, -0.2) is 77.4 Å². The van der Waals surface area contributed by atoms with E-state index in [4.69, 9.17) is 20.9 Å². The van der Waals surface area contributed by atoms with Crippen molar-refractivity contribution in [2.24, 2.45) is 11.7 Å². The number of thioether (sulfide) groups is 1. The van der Waals surface area contributed by atoms with Crippen molar-refractivity contribution in [3.63, 3.8) is 0 Å². The first-order chi connectivity index (χ1) is 14.0. The van der Waals surface area contributed by atoms with Crippen molar-refractivity contribution in [2.45, 2.75) is 49.3 Å². The highest BCUT2D eigenvalue weighted by Gasteiger charge is 2.49. The van der Waals surface area contributed by atoms with Crippen molar-refractivity contribution in [1.29, 1.82) is 0 Å². The molecule has 0 aromatic carbocycles. The number of carbonyl (C=O) groups excluding carboxylic acids is 1. The Bertz CT molecular complexity index is 838. The van der Waals surface area contributed by atoms with Crippen LogP contribution in [0, 0.1) is 5.92 Å². The van der Waals surface area contributed by atoms with Crippen molar-refractivity contribution in [3.05, 3.63) is 11.6 Å². The molecule has 12 heteroatoms. The second kappa shape index (κ2) is 8.55. The number of hydrogen-bond acceptors (Lipinski definition) is 12. The first-order valence-electron chi connectivity index (χ1n) is 9.47. The van der Waals surface area contributed by atoms with E-state index in [0.29, 0.717) is 21.6 Å². The van der Waals surface area contributed by atoms with Gasteiger partial charge in [-0.2, -0.15) is 9.97 Å². The molecule has 0 spiro atoms. The van der Waals surface area contributed by atoms with Gasteiger partial charge < -0.3 is 36.1 Å². The number of anilines is 3. The average molecular weight is 441 g/mol. The van der Waals surface area contributed by atoms with Gasteiger partial charge in [-0.3, -0.25) is 9.69 Å². The van der Waals surface area contributed by atoms with E-state index in [0.717, 1.165) is 0 Å². The van der Waals surface area contributed by atoms with Gasteiger partial charge in [0.15, 0.2) is 12.0 Å². The molecule has 1 fully saturated rings. The molecule has 2 aliphatic rings. The van der Waals surface area contributed by atoms with Gasteiger partial charge in [0.1, 0.15) is 36.8 Å². The maximum absolute atomic E-state index is 12.0. The monoisotopic (exact) mass is 440 g/mol. The summed E-state index contributed by atoms with van der Waals surface area (Å²) in [7, 11) is 3.65. The highest BCUT2D eigenvalue weighted by Crippen LogP contribution is 2.50. The van der Waals surface area contributed by atoms with Gasteiger partial charge in [-0.15, -0.1) is 0 Å². The predicted molar refractivity (Wildman–Crippen MR) is 113 cm³/mol. The minimum atomic E-state index is -1.30. The van der Waals surface area contributed by atoms with E-state index in [1.165, 1.54) is 11.8 Å². The molecule has 11 nitrogen and oxygen atoms in total. The van der Waals surface area contributed by atoms with Crippen molar-refractivity contribution < 1.29 is 24.5 Å². The molecule has 1 aromatic rings. The Morgan fingerprint density at radius 2 is 2.03 bits per heavy atom. The minimum absolute atomic E-state index is 0.0546. The maximum Gasteiger partial charge on any atom is 0.323 e. The first kappa shape index (κ1) is 22.6. The molecule has 0 saturated carbocycles. The molecule has 30 heavy (non-hydrogen) atoms. The molecule has 166 valence electrons. The van der Waals surface area contributed by atoms with E-state index in [1.54, 1.807) is 23.6 Å². The SMILES string of the molecule is C=C1Sc2c(N(C)C)nc(N)nc2N1[C@@H]1O[C@H](COC(=O)[C@@H](N)C(C)C)[C@@H](O)[C@H]1O. The Morgan fingerprint density at radius 1 is 1.37 bits per heavy atom. The minimum Gasteiger partial charge on any atom is -0.462 e. The lowest BCUT2D eigenvalue weighted by atomic mass is 10.1. The molecule has 0 unspecified atom stereocenters. The van der Waals surface area contributed by atoms with Gasteiger partial charge in [0, 0.05) is 14.1 Å². The summed E-state index contributed by atoms with van der Waals surface area (Å²) in [4.78, 5) is 24.6. The number of hydrogen-bond donors (Lipinski definition) is 4. The fourth-order valence-corrected chi connectivity index (χ4v) is 4.24. The van der Waals surface area contributed by atoms with E-state index in [1.807, 2.05) is 14.1 Å². The van der Waals surface area contributed by atoms with E-state index in [-0.39, 0.29) is 18.5 Å². The lowest BCUT2D eigenvalue weighted by Gasteiger charge is -2.28. The first-order valence-corrected chi connectivity index (χ1v) is 10.3. The second-order valence-corrected chi connectivity index (χ2v) is 8.85. The van der Waals surface area contributed by atoms with Crippen molar-refractivity contribution in [1.82, 2.24) is 9.97 Å². The fraction of sp³-hybridized carbons (Fsp3) is 0.611. The number of rotatable bonds is 6. The highest BCUT2D eigenvalue weighted by molar-refractivity contribution is 8.03. The molecule has 5 atom stereocenters. The van der Waals surface area contributed by atoms with Gasteiger partial charge in [-0.25, -0.2) is 0 Å². The summed E-state index contributed by atoms with van der Waals surface area (Å²) in [5, 5.41) is 21.6. The Balaban J connectivity index is 1.79. The van der Waals surface area contributed by atoms with E-state index in [9.17, 15) is 15.0 Å². The third-order valence-electron chi connectivity index (χ3n) is 4.96. The summed E-state index contributed by atoms with van der Waals surface area (Å²) in [5.41, 5.74) is 11.6. The largest absolute Gasteiger partial charge is 0.462 e. The molecule has 1 aromatic heterocycles. The third kappa shape index (κ3) is 4.05. The quantitative estimate of drug-likeness (QED) is 0.420. The standard InChI is InChI=1S/C18H28N6O5S/c1-7(2)10(19)17(27)28-6-9-11(25)12(26)16(29-9)24-8(3)30-13-14(23(4)5)21-18(20)22-15(13)24/h7,9-12,16,25-26H,3,6,19H2,1-2,4-5H3,(H2,20,21,22)/t9-,10+,11-,12-,16-/m1/s1. The lowest BCUT2D eigenvalue weighted by Crippen LogP contribution is -2.42. The number of esters is 1. The molecule has 0 bridgehead atoms. The van der Waals surface area contributed by atoms with Crippen LogP contribution < -0.4 is 21.3 Å². The van der Waals surface area contributed by atoms with Crippen LogP contribution in [0.25, 0.3) is 0 Å². The van der Waals surface area contributed by atoms with Crippen LogP contribution in [0.1, 0.15) is 13.8 Å². The van der Waals surface area contributed by atoms with Crippen LogP contribution in [0.5, 0.6) is 0 Å². The van der Waals surface area contributed by atoms with E-state index in [2.05, 4.69) is 16.5 Å². The molecular formula is C18H28N6O5S. The zero-order valence-electron chi connectivity index (χ0n) is 17.3. The number of nitrogens with two attached hydrogens (primary N) is 2. The van der Waals surface area contributed by atoms with Crippen molar-refractivity contribution >= 4 is 35.3 Å². The Hall–Kier alpha value is -2.12. The zero-order chi connectivity index (χ0) is 22.3. The van der Waals surface area contributed by atoms with Gasteiger partial charge >= 0.3 is 5.97 Å². The number of aliphatic hydroxyl groups is 2. The number of carbonyl (C=O) groups is 1. The van der Waals surface area contributed by atoms with Gasteiger partial charge in [0.2, 0.25) is 5.95 Å². The highest BCUT2D eigenvalue weighted by atomic mass is 32.2. The van der Waals surface area contributed by atoms with Gasteiger partial charge in [0.05, 0.1) is 9.92 Å². The molecule has 0 radical (unpaired) electrons. The Labute approximate surface area is 179 Å². The molecule has 1 saturated heterocycles. The number of nitrogens with zero attached hydrogens (tertiary/aromatic N) is 4. The summed E-state index contributed by atoms with van der Waals surface area (Å²) in [6, 6.07) is -0.782. The van der Waals surface area contributed by atoms with Gasteiger partial charge in [-0.05, 0) is 5.92 Å². The third-order valence-corrected chi connectivity index (χ3v) is 5.96. The Morgan fingerprint density at radius 3 is 2.63 bits per heavy atom. The topological polar surface area (TPSA) is 160 Å². The molecule has 0 amide bonds. The summed E-state index contributed by atoms with van der Waals surface area (Å²) in [5.74, 6) is 0.396. The Kier molecular flexibility index (Phi) is 6.43. The smallest absolute Gasteiger partial charge is 0.323 e. The summed E-state index contributed by atoms with van der Waals surface area (Å²) >= 11 is 1.31. The van der Waals surface area contributed by atoms with Crippen molar-refractivity contribution in [2.75, 3.05) is 36.2 Å². The molecule has 0 aliphatic carbocycles. The van der Waals surface area contributed by atoms with Crippen molar-refractivity contribution in [3.8, 4) is 0 Å². The molecule has 6 N–H and O–H groups in total. The van der Waals surface area contributed by atoms with E-state index < -0.39 is 36.6 Å². The average Bonchev–Trinajstić information content (AvgIpc) is 3.14. The maximum atomic E-state index is 12.0. The van der Waals surface area contributed by atoms with Crippen LogP contribution in [0.3, 0.4) is 0 Å². The number of nitrogen functional groups attached to an aromatic ring is 1. The van der Waals surface area contributed by atoms with Crippen LogP contribution >= 0.6 is 11.8 Å². The summed E-state index contributed by atoms with van der Waals surface area (Å²) in [6.45, 7) is 7.37. The molecule has 3 rings (SSSR count). The van der Waals surface area contributed by atoms with Crippen LogP contribution in [-0.2, 0) is 14.3 Å². The number of aliphatic hydroxyl groups excluding tert-OH is 2.